The third-order valence-electron chi connectivity index (χ3n) is 1.05. The van der Waals surface area contributed by atoms with Crippen LogP contribution >= 0.6 is 34.8 Å². The molecule has 0 aromatic carbocycles. The molecule has 0 radical (unpaired) electrons. The molecular weight excluding hydrogens is 268 g/mol. The Balaban J connectivity index is 5.04. The summed E-state index contributed by atoms with van der Waals surface area (Å²) >= 11 is 12.3. The molecule has 0 fully saturated rings. The highest BCUT2D eigenvalue weighted by Gasteiger charge is 2.71. The number of halogens is 9. The van der Waals surface area contributed by atoms with Crippen molar-refractivity contribution >= 4 is 34.8 Å². The fourth-order valence-corrected chi connectivity index (χ4v) is 0.713. The lowest BCUT2D eigenvalue weighted by atomic mass is 10.2. The van der Waals surface area contributed by atoms with E-state index in [1.54, 1.807) is 0 Å². The van der Waals surface area contributed by atoms with E-state index >= 15 is 0 Å². The average molecular weight is 269 g/mol. The zero-order valence-electron chi connectivity index (χ0n) is 5.48. The second-order valence-corrected chi connectivity index (χ2v) is 3.54. The fourth-order valence-electron chi connectivity index (χ4n) is 0.326. The summed E-state index contributed by atoms with van der Waals surface area (Å²) in [6.07, 6.45) is -4.25. The first-order valence-corrected chi connectivity index (χ1v) is 3.68. The van der Waals surface area contributed by atoms with Crippen LogP contribution in [0.25, 0.3) is 0 Å². The van der Waals surface area contributed by atoms with Crippen molar-refractivity contribution in [2.75, 3.05) is 0 Å². The molecule has 0 heterocycles. The minimum absolute atomic E-state index is 3.96. The van der Waals surface area contributed by atoms with Crippen LogP contribution in [-0.4, -0.2) is 22.1 Å². The lowest BCUT2D eigenvalue weighted by Crippen LogP contribution is -2.53. The molecule has 0 saturated heterocycles. The van der Waals surface area contributed by atoms with Crippen LogP contribution in [0.5, 0.6) is 0 Å². The maximum Gasteiger partial charge on any atom is 0.373 e. The Morgan fingerprint density at radius 1 is 0.846 bits per heavy atom. The van der Waals surface area contributed by atoms with E-state index in [1.165, 1.54) is 0 Å². The van der Waals surface area contributed by atoms with E-state index in [9.17, 15) is 26.3 Å². The molecule has 0 amide bonds. The monoisotopic (exact) mass is 268 g/mol. The first-order valence-electron chi connectivity index (χ1n) is 2.55. The fraction of sp³-hybridized carbons (Fsp3) is 1.00. The topological polar surface area (TPSA) is 0 Å². The summed E-state index contributed by atoms with van der Waals surface area (Å²) in [4.78, 5) is 0. The van der Waals surface area contributed by atoms with E-state index in [0.717, 1.165) is 0 Å². The van der Waals surface area contributed by atoms with Gasteiger partial charge in [0, 0.05) is 0 Å². The van der Waals surface area contributed by atoms with Gasteiger partial charge in [-0.25, -0.2) is 17.6 Å². The number of hydrogen-bond donors (Lipinski definition) is 0. The Morgan fingerprint density at radius 3 is 1.23 bits per heavy atom. The summed E-state index contributed by atoms with van der Waals surface area (Å²) in [5, 5.41) is -14.7. The molecule has 0 aliphatic rings. The van der Waals surface area contributed by atoms with Crippen molar-refractivity contribution in [3.8, 4) is 0 Å². The Morgan fingerprint density at radius 2 is 1.15 bits per heavy atom. The van der Waals surface area contributed by atoms with Gasteiger partial charge >= 0.3 is 10.5 Å². The van der Waals surface area contributed by atoms with E-state index in [2.05, 4.69) is 34.8 Å². The molecule has 0 saturated carbocycles. The minimum Gasteiger partial charge on any atom is -0.214 e. The van der Waals surface area contributed by atoms with E-state index < -0.39 is 22.1 Å². The zero-order valence-corrected chi connectivity index (χ0v) is 7.75. The minimum atomic E-state index is -5.05. The van der Waals surface area contributed by atoms with Crippen LogP contribution in [0.1, 0.15) is 0 Å². The molecule has 0 spiro atoms. The van der Waals surface area contributed by atoms with Gasteiger partial charge in [0.2, 0.25) is 0 Å². The highest BCUT2D eigenvalue weighted by molar-refractivity contribution is 6.38. The summed E-state index contributed by atoms with van der Waals surface area (Å²) in [5.41, 5.74) is 0. The standard InChI is InChI=1S/C4HCl3F6/c5-2(10,1(8)9)3(6,11)4(7,12)13/h1H. The van der Waals surface area contributed by atoms with E-state index in [1.807, 2.05) is 0 Å². The second-order valence-electron chi connectivity index (χ2n) is 2.00. The summed E-state index contributed by atoms with van der Waals surface area (Å²) < 4.78 is 72.1. The molecule has 2 atom stereocenters. The van der Waals surface area contributed by atoms with Crippen molar-refractivity contribution in [3.63, 3.8) is 0 Å². The number of rotatable bonds is 3. The van der Waals surface area contributed by atoms with Crippen LogP contribution in [-0.2, 0) is 0 Å². The molecule has 9 heteroatoms. The van der Waals surface area contributed by atoms with Gasteiger partial charge < -0.3 is 0 Å². The molecule has 0 aromatic heterocycles. The van der Waals surface area contributed by atoms with Gasteiger partial charge in [0.05, 0.1) is 0 Å². The van der Waals surface area contributed by atoms with Crippen molar-refractivity contribution in [2.45, 2.75) is 22.1 Å². The van der Waals surface area contributed by atoms with Crippen molar-refractivity contribution in [1.82, 2.24) is 0 Å². The molecule has 0 aromatic rings. The maximum atomic E-state index is 12.5. The van der Waals surface area contributed by atoms with E-state index in [4.69, 9.17) is 0 Å². The normalized spacial score (nSPS) is 22.6. The number of alkyl halides is 9. The Labute approximate surface area is 83.7 Å². The summed E-state index contributed by atoms with van der Waals surface area (Å²) in [6, 6.07) is 0. The molecule has 80 valence electrons. The quantitative estimate of drug-likeness (QED) is 0.538. The van der Waals surface area contributed by atoms with Gasteiger partial charge in [0.15, 0.2) is 0 Å². The van der Waals surface area contributed by atoms with Crippen LogP contribution < -0.4 is 0 Å². The lowest BCUT2D eigenvalue weighted by Gasteiger charge is -2.31. The Kier molecular flexibility index (Phi) is 3.67. The molecular formula is C4HCl3F6. The van der Waals surface area contributed by atoms with E-state index in [0.29, 0.717) is 0 Å². The highest BCUT2D eigenvalue weighted by atomic mass is 35.5. The third kappa shape index (κ3) is 2.27. The summed E-state index contributed by atoms with van der Waals surface area (Å²) in [5.74, 6) is 0. The van der Waals surface area contributed by atoms with Gasteiger partial charge in [-0.3, -0.25) is 0 Å². The smallest absolute Gasteiger partial charge is 0.214 e. The van der Waals surface area contributed by atoms with Crippen LogP contribution in [0.2, 0.25) is 0 Å². The van der Waals surface area contributed by atoms with Gasteiger partial charge in [0.1, 0.15) is 0 Å². The van der Waals surface area contributed by atoms with Gasteiger partial charge in [-0.15, -0.1) is 0 Å². The third-order valence-corrected chi connectivity index (χ3v) is 2.44. The molecule has 0 aliphatic carbocycles. The molecule has 2 unspecified atom stereocenters. The van der Waals surface area contributed by atoms with Crippen LogP contribution in [0.3, 0.4) is 0 Å². The lowest BCUT2D eigenvalue weighted by molar-refractivity contribution is -0.123. The van der Waals surface area contributed by atoms with Crippen LogP contribution in [0.15, 0.2) is 0 Å². The molecule has 0 N–H and O–H groups in total. The molecule has 0 bridgehead atoms. The van der Waals surface area contributed by atoms with Crippen LogP contribution in [0.4, 0.5) is 26.3 Å². The van der Waals surface area contributed by atoms with Crippen molar-refractivity contribution in [3.05, 3.63) is 0 Å². The zero-order chi connectivity index (χ0) is 11.1. The van der Waals surface area contributed by atoms with Crippen LogP contribution in [0, 0.1) is 0 Å². The van der Waals surface area contributed by atoms with Crippen molar-refractivity contribution in [2.24, 2.45) is 0 Å². The first kappa shape index (κ1) is 13.4. The molecule has 0 rings (SSSR count). The predicted molar refractivity (Wildman–Crippen MR) is 36.2 cm³/mol. The first-order chi connectivity index (χ1) is 5.44. The highest BCUT2D eigenvalue weighted by Crippen LogP contribution is 2.53. The van der Waals surface area contributed by atoms with Gasteiger partial charge in [-0.05, 0) is 11.6 Å². The predicted octanol–water partition coefficient (Wildman–Crippen LogP) is 3.89. The number of hydrogen-bond acceptors (Lipinski definition) is 0. The average Bonchev–Trinajstić information content (AvgIpc) is 1.84. The van der Waals surface area contributed by atoms with Crippen molar-refractivity contribution in [1.29, 1.82) is 0 Å². The summed E-state index contributed by atoms with van der Waals surface area (Å²) in [6.45, 7) is 0. The maximum absolute atomic E-state index is 12.5. The van der Waals surface area contributed by atoms with Gasteiger partial charge in [-0.1, -0.05) is 23.2 Å². The Bertz CT molecular complexity index is 185. The summed E-state index contributed by atoms with van der Waals surface area (Å²) in [7, 11) is 0. The SMILES string of the molecule is FC(F)C(F)(Cl)C(F)(Cl)C(F)(F)Cl. The second kappa shape index (κ2) is 3.55. The van der Waals surface area contributed by atoms with Gasteiger partial charge in [-0.2, -0.15) is 8.78 Å². The largest absolute Gasteiger partial charge is 0.373 e. The molecule has 13 heavy (non-hydrogen) atoms. The van der Waals surface area contributed by atoms with Gasteiger partial charge in [0.25, 0.3) is 11.6 Å². The molecule has 0 aliphatic heterocycles. The van der Waals surface area contributed by atoms with Crippen molar-refractivity contribution < 1.29 is 26.3 Å². The Hall–Kier alpha value is 0.450. The molecule has 0 nitrogen and oxygen atoms in total. The van der Waals surface area contributed by atoms with E-state index in [-0.39, 0.29) is 0 Å².